The van der Waals surface area contributed by atoms with Gasteiger partial charge in [-0.25, -0.2) is 8.78 Å². The highest BCUT2D eigenvalue weighted by Crippen LogP contribution is 2.52. The highest BCUT2D eigenvalue weighted by molar-refractivity contribution is 6.17. The maximum absolute atomic E-state index is 13.5. The van der Waals surface area contributed by atoms with E-state index in [-0.39, 0.29) is 18.7 Å². The van der Waals surface area contributed by atoms with Gasteiger partial charge in [-0.2, -0.15) is 0 Å². The molecule has 3 aliphatic rings. The number of amides is 2. The number of halogens is 2. The van der Waals surface area contributed by atoms with E-state index >= 15 is 0 Å². The minimum Gasteiger partial charge on any atom is -0.368 e. The van der Waals surface area contributed by atoms with Crippen LogP contribution in [0.4, 0.5) is 8.78 Å². The van der Waals surface area contributed by atoms with E-state index in [0.29, 0.717) is 26.2 Å². The fraction of sp³-hybridized carbons (Fsp3) is 0.625. The lowest BCUT2D eigenvalue weighted by Gasteiger charge is -2.55. The van der Waals surface area contributed by atoms with Crippen molar-refractivity contribution in [1.82, 2.24) is 9.80 Å². The molecule has 2 aliphatic heterocycles. The van der Waals surface area contributed by atoms with Crippen LogP contribution in [0.3, 0.4) is 0 Å². The van der Waals surface area contributed by atoms with Crippen molar-refractivity contribution >= 4 is 24.2 Å². The number of nitrogens with zero attached hydrogens (tertiary/aromatic N) is 4. The number of hydrogen-bond acceptors (Lipinski definition) is 5. The van der Waals surface area contributed by atoms with Crippen LogP contribution >= 0.6 is 0 Å². The summed E-state index contributed by atoms with van der Waals surface area (Å²) in [4.78, 5) is 35.8. The van der Waals surface area contributed by atoms with Crippen LogP contribution in [-0.2, 0) is 9.59 Å². The number of piperazine rings is 1. The topological polar surface area (TPSA) is 91.4 Å². The molecule has 0 radical (unpaired) electrons. The van der Waals surface area contributed by atoms with Gasteiger partial charge >= 0.3 is 0 Å². The van der Waals surface area contributed by atoms with Gasteiger partial charge in [-0.3, -0.25) is 24.5 Å². The molecule has 2 N–H and O–H groups in total. The minimum absolute atomic E-state index is 0.180. The lowest BCUT2D eigenvalue weighted by atomic mass is 9.68. The number of hydrogen-bond donors (Lipinski definition) is 1. The van der Waals surface area contributed by atoms with E-state index in [1.807, 2.05) is 4.90 Å². The molecule has 0 spiro atoms. The van der Waals surface area contributed by atoms with Gasteiger partial charge in [-0.05, 0) is 6.08 Å². The summed E-state index contributed by atoms with van der Waals surface area (Å²) >= 11 is 0. The standard InChI is InChI=1S/C16H21F2N5O2/c1-2-12(24)22-5-7-23(8-6-22)16(11-9-15(17,18)10-11)13(14(19)25)20-3-4-21-16/h2-4,11,13H,1,5-10H2,(H2,19,25). The average Bonchev–Trinajstić information content (AvgIpc) is 2.58. The summed E-state index contributed by atoms with van der Waals surface area (Å²) in [5, 5.41) is 0. The van der Waals surface area contributed by atoms with E-state index in [1.54, 1.807) is 4.90 Å². The number of rotatable bonds is 4. The van der Waals surface area contributed by atoms with Crippen molar-refractivity contribution in [3.05, 3.63) is 12.7 Å². The minimum atomic E-state index is -2.75. The quantitative estimate of drug-likeness (QED) is 0.725. The molecule has 1 saturated heterocycles. The predicted octanol–water partition coefficient (Wildman–Crippen LogP) is 0.0673. The summed E-state index contributed by atoms with van der Waals surface area (Å²) in [6.07, 6.45) is 3.36. The lowest BCUT2D eigenvalue weighted by Crippen LogP contribution is -2.70. The van der Waals surface area contributed by atoms with Crippen LogP contribution in [0.15, 0.2) is 22.6 Å². The third kappa shape index (κ3) is 2.97. The Morgan fingerprint density at radius 1 is 1.20 bits per heavy atom. The van der Waals surface area contributed by atoms with Crippen molar-refractivity contribution in [3.63, 3.8) is 0 Å². The molecule has 25 heavy (non-hydrogen) atoms. The van der Waals surface area contributed by atoms with Crippen LogP contribution in [0.2, 0.25) is 0 Å². The predicted molar refractivity (Wildman–Crippen MR) is 88.7 cm³/mol. The van der Waals surface area contributed by atoms with Gasteiger partial charge in [0.25, 0.3) is 0 Å². The first-order chi connectivity index (χ1) is 11.8. The lowest BCUT2D eigenvalue weighted by molar-refractivity contribution is -0.169. The first kappa shape index (κ1) is 17.7. The summed E-state index contributed by atoms with van der Waals surface area (Å²) in [6.45, 7) is 5.08. The molecule has 0 aromatic heterocycles. The summed E-state index contributed by atoms with van der Waals surface area (Å²) in [6, 6.07) is -1.01. The number of carbonyl (C=O) groups is 2. The largest absolute Gasteiger partial charge is 0.368 e. The molecule has 9 heteroatoms. The van der Waals surface area contributed by atoms with E-state index in [9.17, 15) is 18.4 Å². The number of aliphatic imine (C=N–C) groups is 2. The Balaban J connectivity index is 1.87. The fourth-order valence-electron chi connectivity index (χ4n) is 3.96. The zero-order valence-electron chi connectivity index (χ0n) is 13.8. The van der Waals surface area contributed by atoms with E-state index in [2.05, 4.69) is 16.6 Å². The third-order valence-electron chi connectivity index (χ3n) is 5.22. The molecule has 2 atom stereocenters. The molecule has 2 fully saturated rings. The van der Waals surface area contributed by atoms with Crippen LogP contribution in [0.5, 0.6) is 0 Å². The van der Waals surface area contributed by atoms with Crippen LogP contribution in [0, 0.1) is 5.92 Å². The second kappa shape index (κ2) is 6.29. The van der Waals surface area contributed by atoms with Crippen molar-refractivity contribution in [2.45, 2.75) is 30.5 Å². The maximum atomic E-state index is 13.5. The van der Waals surface area contributed by atoms with Crippen molar-refractivity contribution in [2.75, 3.05) is 26.2 Å². The van der Waals surface area contributed by atoms with Crippen molar-refractivity contribution in [3.8, 4) is 0 Å². The summed E-state index contributed by atoms with van der Waals surface area (Å²) < 4.78 is 27.1. The van der Waals surface area contributed by atoms with Crippen LogP contribution in [0.1, 0.15) is 12.8 Å². The summed E-state index contributed by atoms with van der Waals surface area (Å²) in [5.41, 5.74) is 4.31. The molecule has 0 bridgehead atoms. The zero-order valence-corrected chi connectivity index (χ0v) is 13.8. The zero-order chi connectivity index (χ0) is 18.2. The van der Waals surface area contributed by atoms with Crippen molar-refractivity contribution in [2.24, 2.45) is 21.6 Å². The van der Waals surface area contributed by atoms with Crippen LogP contribution in [0.25, 0.3) is 0 Å². The normalized spacial score (nSPS) is 32.2. The smallest absolute Gasteiger partial charge is 0.249 e. The number of carbonyl (C=O) groups excluding carboxylic acids is 2. The molecular formula is C16H21F2N5O2. The fourth-order valence-corrected chi connectivity index (χ4v) is 3.96. The van der Waals surface area contributed by atoms with Gasteiger partial charge in [0.05, 0.1) is 0 Å². The Morgan fingerprint density at radius 2 is 1.84 bits per heavy atom. The Bertz CT molecular complexity index is 634. The molecule has 3 rings (SSSR count). The molecule has 2 unspecified atom stereocenters. The first-order valence-corrected chi connectivity index (χ1v) is 8.21. The maximum Gasteiger partial charge on any atom is 0.249 e. The highest BCUT2D eigenvalue weighted by atomic mass is 19.3. The van der Waals surface area contributed by atoms with Crippen LogP contribution < -0.4 is 5.73 Å². The van der Waals surface area contributed by atoms with Gasteiger partial charge in [0, 0.05) is 57.4 Å². The number of alkyl halides is 2. The Morgan fingerprint density at radius 3 is 2.36 bits per heavy atom. The number of nitrogens with two attached hydrogens (primary N) is 1. The molecule has 0 aromatic rings. The summed E-state index contributed by atoms with van der Waals surface area (Å²) in [5.74, 6) is -4.14. The molecule has 1 saturated carbocycles. The Hall–Kier alpha value is -2.16. The van der Waals surface area contributed by atoms with Crippen LogP contribution in [-0.4, -0.2) is 77.8 Å². The van der Waals surface area contributed by atoms with E-state index in [1.165, 1.54) is 18.5 Å². The van der Waals surface area contributed by atoms with E-state index < -0.39 is 29.5 Å². The van der Waals surface area contributed by atoms with E-state index in [4.69, 9.17) is 5.73 Å². The van der Waals surface area contributed by atoms with Gasteiger partial charge in [-0.15, -0.1) is 0 Å². The molecule has 1 aliphatic carbocycles. The first-order valence-electron chi connectivity index (χ1n) is 8.21. The molecule has 0 aromatic carbocycles. The monoisotopic (exact) mass is 353 g/mol. The second-order valence-corrected chi connectivity index (χ2v) is 6.64. The van der Waals surface area contributed by atoms with Crippen molar-refractivity contribution < 1.29 is 18.4 Å². The van der Waals surface area contributed by atoms with E-state index in [0.717, 1.165) is 0 Å². The highest BCUT2D eigenvalue weighted by Gasteiger charge is 2.62. The van der Waals surface area contributed by atoms with Gasteiger partial charge in [0.1, 0.15) is 5.66 Å². The molecule has 2 amide bonds. The SMILES string of the molecule is C=CC(=O)N1CCN(C2(C3CC(F)(F)C3)N=CC=NC2C(N)=O)CC1. The Labute approximate surface area is 144 Å². The Kier molecular flexibility index (Phi) is 4.44. The van der Waals surface area contributed by atoms with Crippen molar-refractivity contribution in [1.29, 1.82) is 0 Å². The van der Waals surface area contributed by atoms with Gasteiger partial charge in [-0.1, -0.05) is 6.58 Å². The van der Waals surface area contributed by atoms with Gasteiger partial charge in [0.15, 0.2) is 6.04 Å². The average molecular weight is 353 g/mol. The second-order valence-electron chi connectivity index (χ2n) is 6.64. The molecule has 136 valence electrons. The molecule has 2 heterocycles. The summed E-state index contributed by atoms with van der Waals surface area (Å²) in [7, 11) is 0. The third-order valence-corrected chi connectivity index (χ3v) is 5.22. The molecular weight excluding hydrogens is 332 g/mol. The van der Waals surface area contributed by atoms with Gasteiger partial charge in [0.2, 0.25) is 17.7 Å². The number of primary amides is 1. The van der Waals surface area contributed by atoms with Gasteiger partial charge < -0.3 is 10.6 Å². The molecule has 7 nitrogen and oxygen atoms in total.